The lowest BCUT2D eigenvalue weighted by Crippen LogP contribution is -2.06. The molecule has 0 bridgehead atoms. The van der Waals surface area contributed by atoms with Crippen LogP contribution in [-0.2, 0) is 17.8 Å². The maximum atomic E-state index is 10.5. The molecule has 2 rings (SSSR count). The molecule has 1 aliphatic heterocycles. The molecule has 0 aromatic carbocycles. The number of hydrogen-bond donors (Lipinski definition) is 2. The number of nitrogen functional groups attached to an aromatic ring is 1. The Morgan fingerprint density at radius 1 is 1.77 bits per heavy atom. The van der Waals surface area contributed by atoms with Gasteiger partial charge in [0.25, 0.3) is 0 Å². The number of fused-ring (bicyclic) bond motifs is 1. The molecule has 0 saturated heterocycles. The van der Waals surface area contributed by atoms with Gasteiger partial charge in [-0.2, -0.15) is 0 Å². The van der Waals surface area contributed by atoms with E-state index in [9.17, 15) is 4.79 Å². The third-order valence-corrected chi connectivity index (χ3v) is 2.05. The van der Waals surface area contributed by atoms with Crippen molar-refractivity contribution in [2.24, 2.45) is 0 Å². The first-order valence-electron chi connectivity index (χ1n) is 4.01. The summed E-state index contributed by atoms with van der Waals surface area (Å²) in [5.74, 6) is -0.247. The minimum absolute atomic E-state index is 0.00639. The third kappa shape index (κ3) is 1.22. The fourth-order valence-electron chi connectivity index (χ4n) is 1.55. The summed E-state index contributed by atoms with van der Waals surface area (Å²) in [6.45, 7) is 1.27. The van der Waals surface area contributed by atoms with Gasteiger partial charge in [0.1, 0.15) is 6.61 Å². The van der Waals surface area contributed by atoms with Crippen LogP contribution in [0.1, 0.15) is 5.69 Å². The number of carboxylic acids is 1. The van der Waals surface area contributed by atoms with Gasteiger partial charge in [-0.3, -0.25) is 4.79 Å². The molecule has 0 atom stereocenters. The number of aromatic nitrogens is 1. The maximum absolute atomic E-state index is 10.5. The lowest BCUT2D eigenvalue weighted by molar-refractivity contribution is -0.136. The number of nitrogens with zero attached hydrogens (tertiary/aromatic N) is 1. The van der Waals surface area contributed by atoms with Crippen molar-refractivity contribution in [3.8, 4) is 5.88 Å². The van der Waals surface area contributed by atoms with Gasteiger partial charge in [0, 0.05) is 5.69 Å². The molecule has 0 radical (unpaired) electrons. The summed E-state index contributed by atoms with van der Waals surface area (Å²) in [5.41, 5.74) is 6.86. The van der Waals surface area contributed by atoms with Crippen LogP contribution in [0.15, 0.2) is 6.07 Å². The number of hydrogen-bond acceptors (Lipinski definition) is 3. The van der Waals surface area contributed by atoms with Gasteiger partial charge < -0.3 is 20.1 Å². The Bertz CT molecular complexity index is 357. The molecule has 1 aromatic heterocycles. The Hall–Kier alpha value is -1.65. The number of ether oxygens (including phenoxy) is 1. The summed E-state index contributed by atoms with van der Waals surface area (Å²) in [6, 6.07) is 1.66. The molecule has 0 fully saturated rings. The molecule has 2 heterocycles. The predicted molar refractivity (Wildman–Crippen MR) is 45.7 cm³/mol. The van der Waals surface area contributed by atoms with E-state index in [1.165, 1.54) is 0 Å². The van der Waals surface area contributed by atoms with Crippen molar-refractivity contribution >= 4 is 11.7 Å². The Balaban J connectivity index is 2.36. The maximum Gasteiger partial charge on any atom is 0.309 e. The first-order chi connectivity index (χ1) is 6.18. The van der Waals surface area contributed by atoms with Crippen LogP contribution in [0.5, 0.6) is 5.88 Å². The molecular formula is C8H10N2O3. The second kappa shape index (κ2) is 2.69. The summed E-state index contributed by atoms with van der Waals surface area (Å²) in [5, 5.41) is 8.61. The van der Waals surface area contributed by atoms with Crippen LogP contribution in [0.2, 0.25) is 0 Å². The van der Waals surface area contributed by atoms with Crippen molar-refractivity contribution < 1.29 is 14.6 Å². The van der Waals surface area contributed by atoms with E-state index in [2.05, 4.69) is 0 Å². The van der Waals surface area contributed by atoms with Crippen molar-refractivity contribution in [1.82, 2.24) is 4.57 Å². The molecule has 0 unspecified atom stereocenters. The molecule has 5 nitrogen and oxygen atoms in total. The highest BCUT2D eigenvalue weighted by Crippen LogP contribution is 2.30. The molecule has 0 amide bonds. The SMILES string of the molecule is Nc1cc(CC(=O)O)n2c1OCC2. The van der Waals surface area contributed by atoms with Gasteiger partial charge in [-0.15, -0.1) is 0 Å². The van der Waals surface area contributed by atoms with E-state index in [0.717, 1.165) is 0 Å². The zero-order valence-electron chi connectivity index (χ0n) is 6.99. The summed E-state index contributed by atoms with van der Waals surface area (Å²) in [6.07, 6.45) is -0.00639. The van der Waals surface area contributed by atoms with Crippen molar-refractivity contribution in [3.05, 3.63) is 11.8 Å². The van der Waals surface area contributed by atoms with Gasteiger partial charge in [0.05, 0.1) is 18.7 Å². The largest absolute Gasteiger partial charge is 0.481 e. The van der Waals surface area contributed by atoms with Gasteiger partial charge in [-0.1, -0.05) is 0 Å². The lowest BCUT2D eigenvalue weighted by atomic mass is 10.3. The molecule has 3 N–H and O–H groups in total. The minimum atomic E-state index is -0.854. The van der Waals surface area contributed by atoms with Crippen LogP contribution in [0, 0.1) is 0 Å². The van der Waals surface area contributed by atoms with E-state index < -0.39 is 5.97 Å². The topological polar surface area (TPSA) is 77.5 Å². The summed E-state index contributed by atoms with van der Waals surface area (Å²) in [7, 11) is 0. The molecule has 1 aromatic rings. The molecule has 0 spiro atoms. The molecule has 13 heavy (non-hydrogen) atoms. The fraction of sp³-hybridized carbons (Fsp3) is 0.375. The average Bonchev–Trinajstić information content (AvgIpc) is 2.56. The highest BCUT2D eigenvalue weighted by molar-refractivity contribution is 5.71. The van der Waals surface area contributed by atoms with E-state index >= 15 is 0 Å². The number of nitrogens with two attached hydrogens (primary N) is 1. The van der Waals surface area contributed by atoms with Gasteiger partial charge >= 0.3 is 5.97 Å². The van der Waals surface area contributed by atoms with Crippen molar-refractivity contribution in [1.29, 1.82) is 0 Å². The average molecular weight is 182 g/mol. The Kier molecular flexibility index (Phi) is 1.65. The molecule has 5 heteroatoms. The first-order valence-corrected chi connectivity index (χ1v) is 4.01. The monoisotopic (exact) mass is 182 g/mol. The van der Waals surface area contributed by atoms with E-state index in [1.54, 1.807) is 6.07 Å². The number of aliphatic carboxylic acids is 1. The number of carboxylic acid groups (broad SMARTS) is 1. The smallest absolute Gasteiger partial charge is 0.309 e. The summed E-state index contributed by atoms with van der Waals surface area (Å²) in [4.78, 5) is 10.5. The highest BCUT2D eigenvalue weighted by atomic mass is 16.5. The molecule has 70 valence electrons. The second-order valence-electron chi connectivity index (χ2n) is 2.97. The summed E-state index contributed by atoms with van der Waals surface area (Å²) < 4.78 is 7.05. The van der Waals surface area contributed by atoms with Crippen LogP contribution < -0.4 is 10.5 Å². The summed E-state index contributed by atoms with van der Waals surface area (Å²) >= 11 is 0. The quantitative estimate of drug-likeness (QED) is 0.679. The molecule has 0 aliphatic carbocycles. The number of rotatable bonds is 2. The lowest BCUT2D eigenvalue weighted by Gasteiger charge is -1.99. The molecule has 0 saturated carbocycles. The van der Waals surface area contributed by atoms with E-state index in [-0.39, 0.29) is 6.42 Å². The predicted octanol–water partition coefficient (Wildman–Crippen LogP) is 0.0898. The zero-order valence-corrected chi connectivity index (χ0v) is 6.99. The number of carbonyl (C=O) groups is 1. The Morgan fingerprint density at radius 3 is 3.23 bits per heavy atom. The van der Waals surface area contributed by atoms with E-state index in [0.29, 0.717) is 30.4 Å². The Labute approximate surface area is 74.7 Å². The van der Waals surface area contributed by atoms with Gasteiger partial charge in [-0.05, 0) is 6.07 Å². The van der Waals surface area contributed by atoms with Crippen LogP contribution in [0.4, 0.5) is 5.69 Å². The number of anilines is 1. The van der Waals surface area contributed by atoms with Crippen molar-refractivity contribution in [3.63, 3.8) is 0 Å². The minimum Gasteiger partial charge on any atom is -0.481 e. The standard InChI is InChI=1S/C8H10N2O3/c9-6-3-5(4-7(11)12)10-1-2-13-8(6)10/h3H,1-2,4,9H2,(H,11,12). The van der Waals surface area contributed by atoms with Gasteiger partial charge in [0.15, 0.2) is 0 Å². The van der Waals surface area contributed by atoms with E-state index in [1.807, 2.05) is 4.57 Å². The van der Waals surface area contributed by atoms with Crippen molar-refractivity contribution in [2.45, 2.75) is 13.0 Å². The van der Waals surface area contributed by atoms with Gasteiger partial charge in [0.2, 0.25) is 5.88 Å². The van der Waals surface area contributed by atoms with E-state index in [4.69, 9.17) is 15.6 Å². The third-order valence-electron chi connectivity index (χ3n) is 2.05. The molecular weight excluding hydrogens is 172 g/mol. The second-order valence-corrected chi connectivity index (χ2v) is 2.97. The molecule has 1 aliphatic rings. The highest BCUT2D eigenvalue weighted by Gasteiger charge is 2.20. The van der Waals surface area contributed by atoms with Crippen LogP contribution in [-0.4, -0.2) is 22.2 Å². The van der Waals surface area contributed by atoms with Crippen LogP contribution >= 0.6 is 0 Å². The van der Waals surface area contributed by atoms with Crippen LogP contribution in [0.25, 0.3) is 0 Å². The zero-order chi connectivity index (χ0) is 9.42. The Morgan fingerprint density at radius 2 is 2.54 bits per heavy atom. The van der Waals surface area contributed by atoms with Gasteiger partial charge in [-0.25, -0.2) is 0 Å². The fourth-order valence-corrected chi connectivity index (χ4v) is 1.55. The normalized spacial score (nSPS) is 13.8. The first kappa shape index (κ1) is 7.97. The van der Waals surface area contributed by atoms with Crippen LogP contribution in [0.3, 0.4) is 0 Å². The van der Waals surface area contributed by atoms with Crippen molar-refractivity contribution in [2.75, 3.05) is 12.3 Å².